The molecular formula is C25H30N2O5. The number of benzene rings is 2. The number of rotatable bonds is 10. The summed E-state index contributed by atoms with van der Waals surface area (Å²) in [5.41, 5.74) is 4.62. The molecule has 1 aliphatic carbocycles. The van der Waals surface area contributed by atoms with E-state index >= 15 is 0 Å². The monoisotopic (exact) mass is 438 g/mol. The summed E-state index contributed by atoms with van der Waals surface area (Å²) in [7, 11) is 1.65. The number of carbonyl (C=O) groups excluding carboxylic acids is 2. The van der Waals surface area contributed by atoms with Crippen LogP contribution >= 0.6 is 0 Å². The van der Waals surface area contributed by atoms with Crippen molar-refractivity contribution < 1.29 is 24.2 Å². The number of carbonyl (C=O) groups is 3. The Balaban J connectivity index is 1.51. The zero-order chi connectivity index (χ0) is 23.1. The van der Waals surface area contributed by atoms with E-state index in [1.807, 2.05) is 31.2 Å². The Morgan fingerprint density at radius 1 is 1.06 bits per heavy atom. The Bertz CT molecular complexity index is 929. The van der Waals surface area contributed by atoms with Crippen molar-refractivity contribution in [3.05, 3.63) is 59.7 Å². The van der Waals surface area contributed by atoms with Crippen molar-refractivity contribution in [1.82, 2.24) is 10.2 Å². The van der Waals surface area contributed by atoms with Gasteiger partial charge in [0.1, 0.15) is 6.61 Å². The molecule has 2 N–H and O–H groups in total. The topological polar surface area (TPSA) is 95.9 Å². The van der Waals surface area contributed by atoms with Crippen molar-refractivity contribution in [2.45, 2.75) is 32.1 Å². The molecule has 7 heteroatoms. The smallest absolute Gasteiger partial charge is 0.407 e. The first-order valence-corrected chi connectivity index (χ1v) is 11.0. The molecule has 3 rings (SSSR count). The van der Waals surface area contributed by atoms with Gasteiger partial charge in [-0.3, -0.25) is 9.59 Å². The van der Waals surface area contributed by atoms with Crippen LogP contribution in [0.25, 0.3) is 11.1 Å². The first-order chi connectivity index (χ1) is 15.4. The van der Waals surface area contributed by atoms with Gasteiger partial charge in [-0.2, -0.15) is 0 Å². The molecule has 0 heterocycles. The van der Waals surface area contributed by atoms with Crippen LogP contribution in [-0.4, -0.2) is 54.7 Å². The molecule has 2 aromatic rings. The highest BCUT2D eigenvalue weighted by atomic mass is 16.5. The summed E-state index contributed by atoms with van der Waals surface area (Å²) in [5.74, 6) is -1.39. The van der Waals surface area contributed by atoms with E-state index in [1.54, 1.807) is 7.05 Å². The molecule has 0 radical (unpaired) electrons. The molecule has 0 saturated heterocycles. The third kappa shape index (κ3) is 5.46. The minimum Gasteiger partial charge on any atom is -0.481 e. The van der Waals surface area contributed by atoms with Gasteiger partial charge in [0.2, 0.25) is 5.91 Å². The molecule has 0 aliphatic heterocycles. The van der Waals surface area contributed by atoms with Gasteiger partial charge in [0.05, 0.1) is 5.92 Å². The lowest BCUT2D eigenvalue weighted by molar-refractivity contribution is -0.138. The number of fused-ring (bicyclic) bond motifs is 3. The van der Waals surface area contributed by atoms with E-state index in [4.69, 9.17) is 9.84 Å². The fourth-order valence-corrected chi connectivity index (χ4v) is 4.15. The number of carboxylic acid groups (broad SMARTS) is 1. The number of amides is 2. The largest absolute Gasteiger partial charge is 0.481 e. The normalized spacial score (nSPS) is 13.1. The van der Waals surface area contributed by atoms with Gasteiger partial charge in [0.15, 0.2) is 0 Å². The van der Waals surface area contributed by atoms with E-state index < -0.39 is 12.1 Å². The molecular weight excluding hydrogens is 408 g/mol. The lowest BCUT2D eigenvalue weighted by Crippen LogP contribution is -2.40. The van der Waals surface area contributed by atoms with Gasteiger partial charge in [0.25, 0.3) is 0 Å². The number of aliphatic carboxylic acids is 1. The molecule has 2 amide bonds. The molecule has 0 aromatic heterocycles. The maximum absolute atomic E-state index is 12.6. The molecule has 0 saturated carbocycles. The molecule has 170 valence electrons. The van der Waals surface area contributed by atoms with Gasteiger partial charge in [-0.1, -0.05) is 55.5 Å². The Labute approximate surface area is 188 Å². The number of nitrogens with one attached hydrogen (secondary N) is 1. The fourth-order valence-electron chi connectivity index (χ4n) is 4.15. The summed E-state index contributed by atoms with van der Waals surface area (Å²) in [6.45, 7) is 2.65. The minimum atomic E-state index is -0.880. The van der Waals surface area contributed by atoms with E-state index in [1.165, 1.54) is 16.0 Å². The van der Waals surface area contributed by atoms with E-state index in [0.29, 0.717) is 19.4 Å². The number of carboxylic acids is 1. The fraction of sp³-hybridized carbons (Fsp3) is 0.400. The molecule has 1 unspecified atom stereocenters. The highest BCUT2D eigenvalue weighted by Crippen LogP contribution is 2.44. The zero-order valence-electron chi connectivity index (χ0n) is 18.5. The van der Waals surface area contributed by atoms with Crippen LogP contribution in [0.1, 0.15) is 43.2 Å². The summed E-state index contributed by atoms with van der Waals surface area (Å²) in [6, 6.07) is 16.3. The second kappa shape index (κ2) is 10.8. The van der Waals surface area contributed by atoms with Crippen molar-refractivity contribution in [1.29, 1.82) is 0 Å². The molecule has 2 aromatic carbocycles. The Morgan fingerprint density at radius 2 is 1.66 bits per heavy atom. The summed E-state index contributed by atoms with van der Waals surface area (Å²) in [5, 5.41) is 11.5. The second-order valence-corrected chi connectivity index (χ2v) is 8.07. The predicted molar refractivity (Wildman–Crippen MR) is 121 cm³/mol. The van der Waals surface area contributed by atoms with E-state index in [2.05, 4.69) is 29.6 Å². The Hall–Kier alpha value is -3.35. The predicted octanol–water partition coefficient (Wildman–Crippen LogP) is 3.87. The van der Waals surface area contributed by atoms with Crippen molar-refractivity contribution in [3.63, 3.8) is 0 Å². The van der Waals surface area contributed by atoms with Gasteiger partial charge >= 0.3 is 12.1 Å². The van der Waals surface area contributed by atoms with Crippen LogP contribution in [0.2, 0.25) is 0 Å². The number of nitrogens with zero attached hydrogens (tertiary/aromatic N) is 1. The van der Waals surface area contributed by atoms with E-state index in [0.717, 1.165) is 11.1 Å². The summed E-state index contributed by atoms with van der Waals surface area (Å²) in [4.78, 5) is 37.1. The molecule has 7 nitrogen and oxygen atoms in total. The number of ether oxygens (including phenoxy) is 1. The van der Waals surface area contributed by atoms with Crippen LogP contribution in [0.3, 0.4) is 0 Å². The lowest BCUT2D eigenvalue weighted by atomic mass is 9.98. The summed E-state index contributed by atoms with van der Waals surface area (Å²) in [6.07, 6.45) is 0.429. The number of hydrogen-bond donors (Lipinski definition) is 2. The van der Waals surface area contributed by atoms with Crippen LogP contribution in [0.5, 0.6) is 0 Å². The van der Waals surface area contributed by atoms with Crippen molar-refractivity contribution >= 4 is 18.0 Å². The second-order valence-electron chi connectivity index (χ2n) is 8.07. The third-order valence-electron chi connectivity index (χ3n) is 5.94. The molecule has 1 atom stereocenters. The van der Waals surface area contributed by atoms with Gasteiger partial charge in [0, 0.05) is 32.5 Å². The maximum atomic E-state index is 12.6. The first kappa shape index (κ1) is 23.3. The number of hydrogen-bond acceptors (Lipinski definition) is 4. The van der Waals surface area contributed by atoms with Crippen LogP contribution < -0.4 is 5.32 Å². The third-order valence-corrected chi connectivity index (χ3v) is 5.94. The Kier molecular flexibility index (Phi) is 7.87. The van der Waals surface area contributed by atoms with Gasteiger partial charge in [-0.25, -0.2) is 4.79 Å². The minimum absolute atomic E-state index is 0.0166. The average molecular weight is 439 g/mol. The van der Waals surface area contributed by atoms with Gasteiger partial charge < -0.3 is 20.1 Å². The first-order valence-electron chi connectivity index (χ1n) is 11.0. The lowest BCUT2D eigenvalue weighted by Gasteiger charge is -2.23. The summed E-state index contributed by atoms with van der Waals surface area (Å²) >= 11 is 0. The standard InChI is InChI=1S/C25H30N2O5/c1-3-17(24(30)27(2)14-8-13-23(28)29)15-26-25(31)32-16-22-20-11-6-4-9-18(20)19-10-5-7-12-21(19)22/h4-7,9-12,17,22H,3,8,13-16H2,1-2H3,(H,26,31)(H,28,29). The molecule has 32 heavy (non-hydrogen) atoms. The highest BCUT2D eigenvalue weighted by Gasteiger charge is 2.29. The Morgan fingerprint density at radius 3 is 2.22 bits per heavy atom. The van der Waals surface area contributed by atoms with Crippen molar-refractivity contribution in [2.75, 3.05) is 26.7 Å². The molecule has 0 spiro atoms. The molecule has 1 aliphatic rings. The van der Waals surface area contributed by atoms with Crippen LogP contribution in [0.4, 0.5) is 4.79 Å². The van der Waals surface area contributed by atoms with Gasteiger partial charge in [-0.15, -0.1) is 0 Å². The van der Waals surface area contributed by atoms with Gasteiger partial charge in [-0.05, 0) is 35.1 Å². The van der Waals surface area contributed by atoms with Crippen LogP contribution in [-0.2, 0) is 14.3 Å². The summed E-state index contributed by atoms with van der Waals surface area (Å²) < 4.78 is 5.53. The highest BCUT2D eigenvalue weighted by molar-refractivity contribution is 5.80. The van der Waals surface area contributed by atoms with E-state index in [9.17, 15) is 14.4 Å². The average Bonchev–Trinajstić information content (AvgIpc) is 3.11. The zero-order valence-corrected chi connectivity index (χ0v) is 18.5. The molecule has 0 fully saturated rings. The quantitative estimate of drug-likeness (QED) is 0.587. The van der Waals surface area contributed by atoms with Crippen molar-refractivity contribution in [3.8, 4) is 11.1 Å². The SMILES string of the molecule is CCC(CNC(=O)OCC1c2ccccc2-c2ccccc21)C(=O)N(C)CCCC(=O)O. The number of alkyl carbamates (subject to hydrolysis) is 1. The van der Waals surface area contributed by atoms with Crippen LogP contribution in [0, 0.1) is 5.92 Å². The maximum Gasteiger partial charge on any atom is 0.407 e. The molecule has 0 bridgehead atoms. The van der Waals surface area contributed by atoms with E-state index in [-0.39, 0.29) is 37.3 Å². The van der Waals surface area contributed by atoms with Crippen molar-refractivity contribution in [2.24, 2.45) is 5.92 Å². The van der Waals surface area contributed by atoms with Crippen LogP contribution in [0.15, 0.2) is 48.5 Å².